The summed E-state index contributed by atoms with van der Waals surface area (Å²) in [5.41, 5.74) is 5.33. The zero-order valence-corrected chi connectivity index (χ0v) is 25.1. The number of hydrogen-bond donors (Lipinski definition) is 2. The van der Waals surface area contributed by atoms with Gasteiger partial charge in [-0.1, -0.05) is 72.3 Å². The van der Waals surface area contributed by atoms with Crippen molar-refractivity contribution in [3.05, 3.63) is 144 Å². The first kappa shape index (κ1) is 30.8. The fraction of sp³-hybridized carbons (Fsp3) is 0.114. The molecule has 0 aliphatic heterocycles. The number of benzene rings is 4. The van der Waals surface area contributed by atoms with Gasteiger partial charge in [0.2, 0.25) is 0 Å². The Balaban J connectivity index is 0.000000228. The monoisotopic (exact) mass is 742 g/mol. The zero-order chi connectivity index (χ0) is 28.8. The number of fused-ring (bicyclic) bond motifs is 3. The minimum atomic E-state index is -0.649. The summed E-state index contributed by atoms with van der Waals surface area (Å²) >= 11 is 0. The maximum atomic E-state index is 13.2. The Morgan fingerprint density at radius 3 is 2.10 bits per heavy atom. The molecule has 0 fully saturated rings. The predicted octanol–water partition coefficient (Wildman–Crippen LogP) is 8.36. The van der Waals surface area contributed by atoms with Gasteiger partial charge in [0.1, 0.15) is 0 Å². The molecule has 6 aromatic rings. The van der Waals surface area contributed by atoms with Crippen LogP contribution in [0.3, 0.4) is 0 Å². The van der Waals surface area contributed by atoms with Crippen molar-refractivity contribution in [1.29, 1.82) is 0 Å². The maximum Gasteiger partial charge on any atom is 0.0877 e. The Bertz CT molecular complexity index is 1740. The number of aliphatic hydroxyl groups excluding tert-OH is 2. The molecule has 216 valence electrons. The van der Waals surface area contributed by atoms with Gasteiger partial charge in [0, 0.05) is 55.4 Å². The number of halogens is 2. The number of rotatable bonds is 6. The van der Waals surface area contributed by atoms with Crippen molar-refractivity contribution in [2.75, 3.05) is 0 Å². The van der Waals surface area contributed by atoms with E-state index >= 15 is 0 Å². The van der Waals surface area contributed by atoms with E-state index in [1.165, 1.54) is 33.4 Å². The Morgan fingerprint density at radius 1 is 0.905 bits per heavy atom. The van der Waals surface area contributed by atoms with Gasteiger partial charge in [0.25, 0.3) is 0 Å². The first-order valence-corrected chi connectivity index (χ1v) is 13.3. The number of aryl methyl sites for hydroxylation is 1. The summed E-state index contributed by atoms with van der Waals surface area (Å²) in [6.07, 6.45) is 3.76. The van der Waals surface area contributed by atoms with Gasteiger partial charge in [-0.3, -0.25) is 8.78 Å². The first-order valence-electron chi connectivity index (χ1n) is 13.3. The van der Waals surface area contributed by atoms with Gasteiger partial charge in [-0.2, -0.15) is 0 Å². The minimum absolute atomic E-state index is 0. The molecule has 2 aromatic heterocycles. The molecule has 2 N–H and O–H groups in total. The number of hydrogen-bond acceptors (Lipinski definition) is 3. The third-order valence-corrected chi connectivity index (χ3v) is 6.72. The number of nitrogens with zero attached hydrogens (tertiary/aromatic N) is 2. The zero-order valence-electron chi connectivity index (χ0n) is 22.8. The number of aliphatic hydroxyl groups is 2. The van der Waals surface area contributed by atoms with E-state index in [4.69, 9.17) is 0 Å². The van der Waals surface area contributed by atoms with Crippen LogP contribution in [0, 0.1) is 17.7 Å². The van der Waals surface area contributed by atoms with Crippen LogP contribution in [0.1, 0.15) is 18.9 Å². The van der Waals surface area contributed by atoms with E-state index in [2.05, 4.69) is 88.4 Å². The van der Waals surface area contributed by atoms with Crippen molar-refractivity contribution in [2.45, 2.75) is 25.9 Å². The second-order valence-corrected chi connectivity index (χ2v) is 9.71. The number of aromatic nitrogens is 2. The molecule has 1 unspecified atom stereocenters. The van der Waals surface area contributed by atoms with Crippen LogP contribution < -0.4 is 0 Å². The van der Waals surface area contributed by atoms with Gasteiger partial charge in [-0.15, -0.1) is 12.1 Å². The summed E-state index contributed by atoms with van der Waals surface area (Å²) < 4.78 is 28.1. The van der Waals surface area contributed by atoms with Crippen molar-refractivity contribution in [3.8, 4) is 16.9 Å². The van der Waals surface area contributed by atoms with E-state index in [1.807, 2.05) is 0 Å². The normalized spacial score (nSPS) is 12.0. The molecule has 0 amide bonds. The van der Waals surface area contributed by atoms with E-state index in [1.54, 1.807) is 31.3 Å². The molecule has 2 heterocycles. The second kappa shape index (κ2) is 14.2. The van der Waals surface area contributed by atoms with Gasteiger partial charge in [0.15, 0.2) is 0 Å². The molecule has 0 aliphatic carbocycles. The Morgan fingerprint density at radius 2 is 1.52 bits per heavy atom. The smallest absolute Gasteiger partial charge is 0.0877 e. The van der Waals surface area contributed by atoms with Gasteiger partial charge in [-0.25, -0.2) is 0 Å². The molecule has 0 radical (unpaired) electrons. The molecule has 0 spiro atoms. The predicted molar refractivity (Wildman–Crippen MR) is 160 cm³/mol. The standard InChI is InChI=1S/C24H23NO2.C11H6F2N.Pt/c1-17(26)16-20(27)15-12-18-10-13-19(14-11-18)25-23-8-4-2-6-21(23)22-7-3-5-9-24(22)25;12-8-4-5-9(10(13)7-8)11-3-1-2-6-14-11;/h2-11,13-14,16,20,26-27H,12,15H2,1H3;1-4,6-7H;/q;-1;. The second-order valence-electron chi connectivity index (χ2n) is 9.71. The number of pyridine rings is 1. The van der Waals surface area contributed by atoms with E-state index < -0.39 is 17.7 Å². The fourth-order valence-corrected chi connectivity index (χ4v) is 4.84. The number of allylic oxidation sites excluding steroid dienone is 1. The molecule has 0 aliphatic rings. The summed E-state index contributed by atoms with van der Waals surface area (Å²) in [6, 6.07) is 35.0. The van der Waals surface area contributed by atoms with Crippen molar-refractivity contribution >= 4 is 21.8 Å². The third kappa shape index (κ3) is 7.20. The first-order chi connectivity index (χ1) is 19.9. The molecule has 1 atom stereocenters. The maximum absolute atomic E-state index is 13.2. The molecule has 7 heteroatoms. The molecule has 42 heavy (non-hydrogen) atoms. The Hall–Kier alpha value is -4.12. The molecule has 4 aromatic carbocycles. The SMILES string of the molecule is CC(O)=CC(O)CCc1ccc(-n2c3ccccc3c3ccccc32)cc1.Fc1c[c-]c(-c2ccccn2)c(F)c1.[Pt]. The summed E-state index contributed by atoms with van der Waals surface area (Å²) in [6.45, 7) is 1.57. The quantitative estimate of drug-likeness (QED) is 0.133. The fourth-order valence-electron chi connectivity index (χ4n) is 4.84. The van der Waals surface area contributed by atoms with Crippen molar-refractivity contribution in [2.24, 2.45) is 0 Å². The number of para-hydroxylation sites is 2. The molecule has 4 nitrogen and oxygen atoms in total. The van der Waals surface area contributed by atoms with Crippen LogP contribution in [0.4, 0.5) is 8.78 Å². The van der Waals surface area contributed by atoms with Gasteiger partial charge in [0.05, 0.1) is 22.9 Å². The van der Waals surface area contributed by atoms with Gasteiger partial charge in [-0.05, 0) is 67.4 Å². The summed E-state index contributed by atoms with van der Waals surface area (Å²) in [5, 5.41) is 21.6. The minimum Gasteiger partial charge on any atom is -0.513 e. The van der Waals surface area contributed by atoms with Crippen molar-refractivity contribution < 1.29 is 40.1 Å². The van der Waals surface area contributed by atoms with Crippen LogP contribution in [0.15, 0.2) is 121 Å². The average molecular weight is 743 g/mol. The van der Waals surface area contributed by atoms with Gasteiger partial charge >= 0.3 is 0 Å². The van der Waals surface area contributed by atoms with Crippen LogP contribution in [0.5, 0.6) is 0 Å². The molecular weight excluding hydrogens is 713 g/mol. The van der Waals surface area contributed by atoms with E-state index in [0.29, 0.717) is 12.1 Å². The summed E-state index contributed by atoms with van der Waals surface area (Å²) in [4.78, 5) is 3.95. The summed E-state index contributed by atoms with van der Waals surface area (Å²) in [5.74, 6) is -1.13. The van der Waals surface area contributed by atoms with Crippen LogP contribution in [0.25, 0.3) is 38.8 Å². The molecule has 0 saturated heterocycles. The molecule has 6 rings (SSSR count). The van der Waals surface area contributed by atoms with Crippen LogP contribution in [-0.2, 0) is 27.5 Å². The van der Waals surface area contributed by atoms with Crippen LogP contribution >= 0.6 is 0 Å². The Labute approximate surface area is 257 Å². The summed E-state index contributed by atoms with van der Waals surface area (Å²) in [7, 11) is 0. The molecular formula is C35H29F2N2O2Pt-. The van der Waals surface area contributed by atoms with E-state index in [-0.39, 0.29) is 32.4 Å². The van der Waals surface area contributed by atoms with E-state index in [0.717, 1.165) is 24.2 Å². The molecule has 0 saturated carbocycles. The van der Waals surface area contributed by atoms with Crippen LogP contribution in [0.2, 0.25) is 0 Å². The molecule has 0 bridgehead atoms. The van der Waals surface area contributed by atoms with Crippen LogP contribution in [-0.4, -0.2) is 25.9 Å². The van der Waals surface area contributed by atoms with Crippen molar-refractivity contribution in [3.63, 3.8) is 0 Å². The Kier molecular flexibility index (Phi) is 10.4. The largest absolute Gasteiger partial charge is 0.513 e. The van der Waals surface area contributed by atoms with E-state index in [9.17, 15) is 19.0 Å². The van der Waals surface area contributed by atoms with Gasteiger partial charge < -0.3 is 19.8 Å². The topological polar surface area (TPSA) is 58.3 Å². The van der Waals surface area contributed by atoms with Crippen molar-refractivity contribution in [1.82, 2.24) is 9.55 Å². The average Bonchev–Trinajstić information content (AvgIpc) is 3.31. The third-order valence-electron chi connectivity index (χ3n) is 6.72.